The number of nitrogens with two attached hydrogens (primary N) is 2. The fourth-order valence-corrected chi connectivity index (χ4v) is 4.21. The van der Waals surface area contributed by atoms with Gasteiger partial charge >= 0.3 is 0 Å². The maximum absolute atomic E-state index is 6.31. The Labute approximate surface area is 184 Å². The van der Waals surface area contributed by atoms with Gasteiger partial charge in [0.05, 0.1) is 15.6 Å². The van der Waals surface area contributed by atoms with Crippen LogP contribution in [-0.2, 0) is 6.54 Å². The van der Waals surface area contributed by atoms with Crippen LogP contribution in [0, 0.1) is 0 Å². The van der Waals surface area contributed by atoms with Gasteiger partial charge in [0.1, 0.15) is 0 Å². The zero-order valence-electron chi connectivity index (χ0n) is 15.7. The lowest BCUT2D eigenvalue weighted by Gasteiger charge is -2.14. The molecular formula is C22H21Cl3N4. The number of anilines is 1. The third-order valence-electron chi connectivity index (χ3n) is 5.01. The van der Waals surface area contributed by atoms with Crippen LogP contribution in [0.25, 0.3) is 32.9 Å². The van der Waals surface area contributed by atoms with E-state index in [4.69, 9.17) is 46.3 Å². The molecule has 1 aromatic heterocycles. The zero-order chi connectivity index (χ0) is 20.5. The van der Waals surface area contributed by atoms with E-state index in [1.165, 1.54) is 0 Å². The number of halogens is 3. The van der Waals surface area contributed by atoms with Crippen molar-refractivity contribution in [3.8, 4) is 11.1 Å². The lowest BCUT2D eigenvalue weighted by atomic mass is 10.00. The molecule has 4 rings (SSSR count). The van der Waals surface area contributed by atoms with Crippen molar-refractivity contribution < 1.29 is 0 Å². The quantitative estimate of drug-likeness (QED) is 0.352. The summed E-state index contributed by atoms with van der Waals surface area (Å²) in [5.41, 5.74) is 16.8. The monoisotopic (exact) mass is 446 g/mol. The maximum Gasteiger partial charge on any atom is 0.0598 e. The second-order valence-corrected chi connectivity index (χ2v) is 8.11. The fourth-order valence-electron chi connectivity index (χ4n) is 3.74. The summed E-state index contributed by atoms with van der Waals surface area (Å²) in [6, 6.07) is 15.9. The molecule has 29 heavy (non-hydrogen) atoms. The number of hydrogen-bond donors (Lipinski definition) is 3. The maximum atomic E-state index is 6.31. The fraction of sp³-hybridized carbons (Fsp3) is 0.182. The molecule has 0 aliphatic heterocycles. The minimum Gasteiger partial charge on any atom is -0.383 e. The van der Waals surface area contributed by atoms with Crippen molar-refractivity contribution in [1.82, 2.24) is 4.57 Å². The molecule has 0 aliphatic carbocycles. The third kappa shape index (κ3) is 3.79. The molecule has 4 nitrogen and oxygen atoms in total. The molecule has 5 N–H and O–H groups in total. The Morgan fingerprint density at radius 1 is 0.793 bits per heavy atom. The first-order chi connectivity index (χ1) is 14.0. The Morgan fingerprint density at radius 3 is 2.31 bits per heavy atom. The van der Waals surface area contributed by atoms with E-state index in [0.717, 1.165) is 38.6 Å². The summed E-state index contributed by atoms with van der Waals surface area (Å²) in [5, 5.41) is 7.38. The summed E-state index contributed by atoms with van der Waals surface area (Å²) < 4.78 is 2.23. The predicted molar refractivity (Wildman–Crippen MR) is 127 cm³/mol. The van der Waals surface area contributed by atoms with Crippen molar-refractivity contribution in [2.24, 2.45) is 11.5 Å². The standard InChI is InChI=1S/C22H21Cl3N4/c23-14-2-4-21-16(10-14)17-11-15(13-1-3-18(24)19(25)9-13)20(28-7-5-26)12-22(17)29(21)8-6-27/h1-4,9-12,28H,5-8,26-27H2. The second-order valence-electron chi connectivity index (χ2n) is 6.86. The summed E-state index contributed by atoms with van der Waals surface area (Å²) in [6.45, 7) is 2.44. The number of benzene rings is 3. The minimum absolute atomic E-state index is 0.516. The summed E-state index contributed by atoms with van der Waals surface area (Å²) in [5.74, 6) is 0. The van der Waals surface area contributed by atoms with Gasteiger partial charge in [-0.3, -0.25) is 0 Å². The molecule has 0 unspecified atom stereocenters. The van der Waals surface area contributed by atoms with Gasteiger partial charge in [-0.15, -0.1) is 0 Å². The number of nitrogens with one attached hydrogen (secondary N) is 1. The summed E-state index contributed by atoms with van der Waals surface area (Å²) in [6.07, 6.45) is 0. The van der Waals surface area contributed by atoms with Crippen LogP contribution in [0.4, 0.5) is 5.69 Å². The molecule has 0 amide bonds. The number of rotatable bonds is 6. The Kier molecular flexibility index (Phi) is 5.91. The number of fused-ring (bicyclic) bond motifs is 3. The van der Waals surface area contributed by atoms with Crippen molar-refractivity contribution in [3.05, 3.63) is 63.6 Å². The van der Waals surface area contributed by atoms with Gasteiger partial charge in [-0.25, -0.2) is 0 Å². The van der Waals surface area contributed by atoms with E-state index in [1.807, 2.05) is 36.4 Å². The van der Waals surface area contributed by atoms with Gasteiger partial charge in [-0.1, -0.05) is 40.9 Å². The number of hydrogen-bond acceptors (Lipinski definition) is 3. The smallest absolute Gasteiger partial charge is 0.0598 e. The van der Waals surface area contributed by atoms with Gasteiger partial charge in [0.15, 0.2) is 0 Å². The van der Waals surface area contributed by atoms with Crippen LogP contribution in [0.2, 0.25) is 15.1 Å². The van der Waals surface area contributed by atoms with Gasteiger partial charge < -0.3 is 21.4 Å². The van der Waals surface area contributed by atoms with Gasteiger partial charge in [0.2, 0.25) is 0 Å². The molecule has 0 spiro atoms. The highest BCUT2D eigenvalue weighted by molar-refractivity contribution is 6.42. The normalized spacial score (nSPS) is 11.5. The second kappa shape index (κ2) is 8.42. The van der Waals surface area contributed by atoms with E-state index in [0.29, 0.717) is 41.2 Å². The third-order valence-corrected chi connectivity index (χ3v) is 5.98. The first-order valence-corrected chi connectivity index (χ1v) is 10.5. The average Bonchev–Trinajstić information content (AvgIpc) is 3.00. The first kappa shape index (κ1) is 20.3. The minimum atomic E-state index is 0.516. The molecule has 0 bridgehead atoms. The molecule has 0 saturated heterocycles. The predicted octanol–water partition coefficient (Wildman–Crippen LogP) is 5.75. The van der Waals surface area contributed by atoms with Crippen LogP contribution < -0.4 is 16.8 Å². The van der Waals surface area contributed by atoms with E-state index in [1.54, 1.807) is 0 Å². The largest absolute Gasteiger partial charge is 0.383 e. The first-order valence-electron chi connectivity index (χ1n) is 9.38. The van der Waals surface area contributed by atoms with Crippen LogP contribution >= 0.6 is 34.8 Å². The van der Waals surface area contributed by atoms with Crippen molar-refractivity contribution in [2.45, 2.75) is 6.54 Å². The van der Waals surface area contributed by atoms with E-state index in [9.17, 15) is 0 Å². The molecule has 0 aliphatic rings. The SMILES string of the molecule is NCCNc1cc2c(cc1-c1ccc(Cl)c(Cl)c1)c1cc(Cl)ccc1n2CCN. The van der Waals surface area contributed by atoms with E-state index >= 15 is 0 Å². The summed E-state index contributed by atoms with van der Waals surface area (Å²) in [7, 11) is 0. The summed E-state index contributed by atoms with van der Waals surface area (Å²) >= 11 is 18.7. The molecule has 1 heterocycles. The lowest BCUT2D eigenvalue weighted by molar-refractivity contribution is 0.758. The molecule has 0 saturated carbocycles. The molecular weight excluding hydrogens is 427 g/mol. The lowest BCUT2D eigenvalue weighted by Crippen LogP contribution is -2.14. The Hall–Kier alpha value is -1.95. The van der Waals surface area contributed by atoms with Crippen molar-refractivity contribution >= 4 is 62.3 Å². The molecule has 0 atom stereocenters. The van der Waals surface area contributed by atoms with Crippen LogP contribution in [0.15, 0.2) is 48.5 Å². The molecule has 150 valence electrons. The highest BCUT2D eigenvalue weighted by atomic mass is 35.5. The average molecular weight is 448 g/mol. The molecule has 0 radical (unpaired) electrons. The Bertz CT molecular complexity index is 1200. The van der Waals surface area contributed by atoms with Crippen LogP contribution in [-0.4, -0.2) is 24.2 Å². The molecule has 0 fully saturated rings. The van der Waals surface area contributed by atoms with E-state index in [-0.39, 0.29) is 0 Å². The summed E-state index contributed by atoms with van der Waals surface area (Å²) in [4.78, 5) is 0. The zero-order valence-corrected chi connectivity index (χ0v) is 18.0. The van der Waals surface area contributed by atoms with Crippen molar-refractivity contribution in [3.63, 3.8) is 0 Å². The van der Waals surface area contributed by atoms with Crippen LogP contribution in [0.1, 0.15) is 0 Å². The molecule has 3 aromatic carbocycles. The van der Waals surface area contributed by atoms with Gasteiger partial charge in [0, 0.05) is 58.7 Å². The Balaban J connectivity index is 2.04. The van der Waals surface area contributed by atoms with Crippen LogP contribution in [0.3, 0.4) is 0 Å². The van der Waals surface area contributed by atoms with E-state index in [2.05, 4.69) is 22.0 Å². The number of aromatic nitrogens is 1. The van der Waals surface area contributed by atoms with Crippen LogP contribution in [0.5, 0.6) is 0 Å². The highest BCUT2D eigenvalue weighted by Crippen LogP contribution is 2.39. The number of nitrogens with zero attached hydrogens (tertiary/aromatic N) is 1. The topological polar surface area (TPSA) is 69.0 Å². The van der Waals surface area contributed by atoms with Crippen molar-refractivity contribution in [2.75, 3.05) is 25.0 Å². The van der Waals surface area contributed by atoms with E-state index < -0.39 is 0 Å². The van der Waals surface area contributed by atoms with Gasteiger partial charge in [-0.05, 0) is 48.0 Å². The van der Waals surface area contributed by atoms with Crippen molar-refractivity contribution in [1.29, 1.82) is 0 Å². The van der Waals surface area contributed by atoms with Gasteiger partial charge in [0.25, 0.3) is 0 Å². The highest BCUT2D eigenvalue weighted by Gasteiger charge is 2.16. The molecule has 7 heteroatoms. The Morgan fingerprint density at radius 2 is 1.59 bits per heavy atom. The molecule has 4 aromatic rings. The van der Waals surface area contributed by atoms with Gasteiger partial charge in [-0.2, -0.15) is 0 Å².